The second-order valence-electron chi connectivity index (χ2n) is 3.83. The fourth-order valence-corrected chi connectivity index (χ4v) is 3.29. The maximum absolute atomic E-state index is 12.6. The highest BCUT2D eigenvalue weighted by Gasteiger charge is 2.21. The predicted molar refractivity (Wildman–Crippen MR) is 81.5 cm³/mol. The Morgan fingerprint density at radius 2 is 1.65 bits per heavy atom. The molecular weight excluding hydrogens is 344 g/mol. The first kappa shape index (κ1) is 14.9. The van der Waals surface area contributed by atoms with E-state index in [0.29, 0.717) is 27.7 Å². The van der Waals surface area contributed by atoms with Gasteiger partial charge in [-0.05, 0) is 33.4 Å². The SMILES string of the molecule is COc1cc(OC)c(C(=O)c2sccc2Br)cc1OC. The van der Waals surface area contributed by atoms with Gasteiger partial charge in [-0.15, -0.1) is 11.3 Å². The fraction of sp³-hybridized carbons (Fsp3) is 0.214. The molecule has 2 rings (SSSR count). The highest BCUT2D eigenvalue weighted by Crippen LogP contribution is 2.37. The van der Waals surface area contributed by atoms with Gasteiger partial charge in [-0.1, -0.05) is 0 Å². The van der Waals surface area contributed by atoms with Crippen molar-refractivity contribution >= 4 is 33.0 Å². The zero-order valence-electron chi connectivity index (χ0n) is 11.2. The molecule has 0 atom stereocenters. The molecule has 0 amide bonds. The van der Waals surface area contributed by atoms with Crippen molar-refractivity contribution in [2.45, 2.75) is 0 Å². The van der Waals surface area contributed by atoms with Gasteiger partial charge in [0.15, 0.2) is 11.5 Å². The van der Waals surface area contributed by atoms with Crippen molar-refractivity contribution in [1.29, 1.82) is 0 Å². The van der Waals surface area contributed by atoms with Crippen LogP contribution < -0.4 is 14.2 Å². The Kier molecular flexibility index (Phi) is 4.67. The van der Waals surface area contributed by atoms with E-state index in [2.05, 4.69) is 15.9 Å². The average Bonchev–Trinajstić information content (AvgIpc) is 2.91. The first-order valence-electron chi connectivity index (χ1n) is 5.70. The monoisotopic (exact) mass is 356 g/mol. The van der Waals surface area contributed by atoms with E-state index >= 15 is 0 Å². The van der Waals surface area contributed by atoms with Crippen LogP contribution in [0.4, 0.5) is 0 Å². The number of benzene rings is 1. The Hall–Kier alpha value is -1.53. The molecule has 0 saturated heterocycles. The van der Waals surface area contributed by atoms with E-state index in [1.165, 1.54) is 32.7 Å². The molecule has 0 radical (unpaired) electrons. The zero-order valence-corrected chi connectivity index (χ0v) is 13.6. The molecule has 0 bridgehead atoms. The highest BCUT2D eigenvalue weighted by molar-refractivity contribution is 9.10. The molecule has 2 aromatic rings. The molecule has 4 nitrogen and oxygen atoms in total. The molecule has 1 heterocycles. The molecule has 20 heavy (non-hydrogen) atoms. The summed E-state index contributed by atoms with van der Waals surface area (Å²) < 4.78 is 16.5. The van der Waals surface area contributed by atoms with Crippen molar-refractivity contribution in [2.75, 3.05) is 21.3 Å². The van der Waals surface area contributed by atoms with Gasteiger partial charge in [0.2, 0.25) is 5.78 Å². The van der Waals surface area contributed by atoms with Crippen molar-refractivity contribution in [3.05, 3.63) is 38.5 Å². The van der Waals surface area contributed by atoms with Crippen molar-refractivity contribution < 1.29 is 19.0 Å². The minimum Gasteiger partial charge on any atom is -0.496 e. The van der Waals surface area contributed by atoms with Gasteiger partial charge in [0.05, 0.1) is 31.8 Å². The molecule has 106 valence electrons. The number of ether oxygens (including phenoxy) is 3. The first-order valence-corrected chi connectivity index (χ1v) is 7.37. The molecule has 0 saturated carbocycles. The number of carbonyl (C=O) groups is 1. The minimum atomic E-state index is -0.121. The summed E-state index contributed by atoms with van der Waals surface area (Å²) in [6.07, 6.45) is 0. The van der Waals surface area contributed by atoms with Gasteiger partial charge in [0.25, 0.3) is 0 Å². The van der Waals surface area contributed by atoms with Crippen molar-refractivity contribution in [2.24, 2.45) is 0 Å². The fourth-order valence-electron chi connectivity index (χ4n) is 1.78. The van der Waals surface area contributed by atoms with Gasteiger partial charge >= 0.3 is 0 Å². The number of rotatable bonds is 5. The van der Waals surface area contributed by atoms with Crippen LogP contribution >= 0.6 is 27.3 Å². The molecular formula is C14H13BrO4S. The molecule has 0 aliphatic heterocycles. The van der Waals surface area contributed by atoms with E-state index in [9.17, 15) is 4.79 Å². The number of thiophene rings is 1. The number of carbonyl (C=O) groups excluding carboxylic acids is 1. The quantitative estimate of drug-likeness (QED) is 0.765. The summed E-state index contributed by atoms with van der Waals surface area (Å²) in [5.41, 5.74) is 0.438. The highest BCUT2D eigenvalue weighted by atomic mass is 79.9. The minimum absolute atomic E-state index is 0.121. The van der Waals surface area contributed by atoms with Crippen molar-refractivity contribution in [3.8, 4) is 17.2 Å². The Balaban J connectivity index is 2.55. The summed E-state index contributed by atoms with van der Waals surface area (Å²) in [6, 6.07) is 5.12. The van der Waals surface area contributed by atoms with Gasteiger partial charge in [-0.3, -0.25) is 4.79 Å². The second-order valence-corrected chi connectivity index (χ2v) is 5.60. The summed E-state index contributed by atoms with van der Waals surface area (Å²) >= 11 is 4.74. The maximum atomic E-state index is 12.6. The first-order chi connectivity index (χ1) is 9.62. The number of ketones is 1. The summed E-state index contributed by atoms with van der Waals surface area (Å²) in [6.45, 7) is 0. The molecule has 0 N–H and O–H groups in total. The van der Waals surface area contributed by atoms with Gasteiger partial charge in [-0.2, -0.15) is 0 Å². The summed E-state index contributed by atoms with van der Waals surface area (Å²) in [5, 5.41) is 1.85. The van der Waals surface area contributed by atoms with E-state index in [1.54, 1.807) is 12.1 Å². The molecule has 0 aliphatic carbocycles. The molecule has 6 heteroatoms. The lowest BCUT2D eigenvalue weighted by atomic mass is 10.1. The molecule has 0 aliphatic rings. The maximum Gasteiger partial charge on any atom is 0.207 e. The van der Waals surface area contributed by atoms with Crippen LogP contribution in [-0.2, 0) is 0 Å². The third kappa shape index (κ3) is 2.66. The Morgan fingerprint density at radius 1 is 1.05 bits per heavy atom. The van der Waals surface area contributed by atoms with Gasteiger partial charge < -0.3 is 14.2 Å². The van der Waals surface area contributed by atoms with Crippen LogP contribution in [0.1, 0.15) is 15.2 Å². The van der Waals surface area contributed by atoms with Gasteiger partial charge in [0, 0.05) is 10.5 Å². The van der Waals surface area contributed by atoms with E-state index in [4.69, 9.17) is 14.2 Å². The third-order valence-corrected chi connectivity index (χ3v) is 4.61. The smallest absolute Gasteiger partial charge is 0.207 e. The molecule has 0 unspecified atom stereocenters. The lowest BCUT2D eigenvalue weighted by molar-refractivity contribution is 0.103. The number of halogens is 1. The Morgan fingerprint density at radius 3 is 2.15 bits per heavy atom. The lowest BCUT2D eigenvalue weighted by Gasteiger charge is -2.13. The van der Waals surface area contributed by atoms with Crippen LogP contribution in [0.15, 0.2) is 28.1 Å². The Bertz CT molecular complexity index is 636. The van der Waals surface area contributed by atoms with Crippen LogP contribution in [0.2, 0.25) is 0 Å². The lowest BCUT2D eigenvalue weighted by Crippen LogP contribution is -2.04. The van der Waals surface area contributed by atoms with Crippen LogP contribution in [0.25, 0.3) is 0 Å². The van der Waals surface area contributed by atoms with Crippen LogP contribution in [0.3, 0.4) is 0 Å². The largest absolute Gasteiger partial charge is 0.496 e. The third-order valence-electron chi connectivity index (χ3n) is 2.77. The van der Waals surface area contributed by atoms with Crippen molar-refractivity contribution in [1.82, 2.24) is 0 Å². The van der Waals surface area contributed by atoms with Crippen molar-refractivity contribution in [3.63, 3.8) is 0 Å². The number of hydrogen-bond donors (Lipinski definition) is 0. The summed E-state index contributed by atoms with van der Waals surface area (Å²) in [4.78, 5) is 13.2. The van der Waals surface area contributed by atoms with Crippen LogP contribution in [-0.4, -0.2) is 27.1 Å². The number of hydrogen-bond acceptors (Lipinski definition) is 5. The average molecular weight is 357 g/mol. The molecule has 1 aromatic heterocycles. The predicted octanol–water partition coefficient (Wildman–Crippen LogP) is 3.77. The van der Waals surface area contributed by atoms with Crippen LogP contribution in [0, 0.1) is 0 Å². The molecule has 0 fully saturated rings. The van der Waals surface area contributed by atoms with E-state index < -0.39 is 0 Å². The summed E-state index contributed by atoms with van der Waals surface area (Å²) in [5.74, 6) is 1.34. The topological polar surface area (TPSA) is 44.8 Å². The van der Waals surface area contributed by atoms with Gasteiger partial charge in [-0.25, -0.2) is 0 Å². The zero-order chi connectivity index (χ0) is 14.7. The summed E-state index contributed by atoms with van der Waals surface area (Å²) in [7, 11) is 4.58. The van der Waals surface area contributed by atoms with E-state index in [1.807, 2.05) is 11.4 Å². The van der Waals surface area contributed by atoms with Gasteiger partial charge in [0.1, 0.15) is 5.75 Å². The standard InChI is InChI=1S/C14H13BrO4S/c1-17-10-7-12(19-3)11(18-2)6-8(10)13(16)14-9(15)4-5-20-14/h4-7H,1-3H3. The van der Waals surface area contributed by atoms with E-state index in [-0.39, 0.29) is 5.78 Å². The van der Waals surface area contributed by atoms with Crippen LogP contribution in [0.5, 0.6) is 17.2 Å². The van der Waals surface area contributed by atoms with E-state index in [0.717, 1.165) is 4.47 Å². The normalized spacial score (nSPS) is 10.2. The second kappa shape index (κ2) is 6.28. The molecule has 0 spiro atoms. The Labute approximate surface area is 129 Å². The number of methoxy groups -OCH3 is 3. The molecule has 1 aromatic carbocycles.